The van der Waals surface area contributed by atoms with Crippen LogP contribution in [0.1, 0.15) is 22.8 Å². The monoisotopic (exact) mass is 449 g/mol. The van der Waals surface area contributed by atoms with Crippen molar-refractivity contribution in [1.82, 2.24) is 5.32 Å². The summed E-state index contributed by atoms with van der Waals surface area (Å²) in [5.74, 6) is -3.53. The Kier molecular flexibility index (Phi) is 6.59. The highest BCUT2D eigenvalue weighted by Gasteiger charge is 2.39. The Balaban J connectivity index is 2.27. The maximum absolute atomic E-state index is 12.8. The molecule has 0 fully saturated rings. The van der Waals surface area contributed by atoms with E-state index in [1.807, 2.05) is 0 Å². The molecule has 2 aromatic carbocycles. The number of benzene rings is 2. The molecule has 0 heterocycles. The highest BCUT2D eigenvalue weighted by atomic mass is 35.5. The van der Waals surface area contributed by atoms with Crippen LogP contribution in [0.4, 0.5) is 13.2 Å². The SMILES string of the molecule is C[C@H](Cc1ccc(S(=O)(=O)c2c(Cl)cccc2C(=O)O)cc1)NC(=O)C(F)(F)F. The summed E-state index contributed by atoms with van der Waals surface area (Å²) in [7, 11) is -4.26. The molecule has 0 unspecified atom stereocenters. The maximum atomic E-state index is 12.8. The van der Waals surface area contributed by atoms with E-state index in [0.717, 1.165) is 6.07 Å². The van der Waals surface area contributed by atoms with Gasteiger partial charge in [0.1, 0.15) is 4.90 Å². The van der Waals surface area contributed by atoms with Crippen LogP contribution in [0.25, 0.3) is 0 Å². The Bertz CT molecular complexity index is 1040. The first-order valence-electron chi connectivity index (χ1n) is 8.07. The van der Waals surface area contributed by atoms with Crippen LogP contribution in [0.5, 0.6) is 0 Å². The lowest BCUT2D eigenvalue weighted by Gasteiger charge is -2.15. The lowest BCUT2D eigenvalue weighted by molar-refractivity contribution is -0.174. The first-order chi connectivity index (χ1) is 13.3. The maximum Gasteiger partial charge on any atom is 0.471 e. The van der Waals surface area contributed by atoms with Crippen LogP contribution in [0.2, 0.25) is 5.02 Å². The van der Waals surface area contributed by atoms with Crippen LogP contribution < -0.4 is 5.32 Å². The predicted molar refractivity (Wildman–Crippen MR) is 97.7 cm³/mol. The van der Waals surface area contributed by atoms with Gasteiger partial charge in [-0.15, -0.1) is 0 Å². The lowest BCUT2D eigenvalue weighted by atomic mass is 10.1. The number of carbonyl (C=O) groups is 2. The van der Waals surface area contributed by atoms with Crippen molar-refractivity contribution in [3.8, 4) is 0 Å². The van der Waals surface area contributed by atoms with Crippen LogP contribution >= 0.6 is 11.6 Å². The largest absolute Gasteiger partial charge is 0.478 e. The molecule has 0 aromatic heterocycles. The molecular weight excluding hydrogens is 435 g/mol. The third-order valence-electron chi connectivity index (χ3n) is 3.88. The Hall–Kier alpha value is -2.59. The van der Waals surface area contributed by atoms with Crippen molar-refractivity contribution in [3.63, 3.8) is 0 Å². The van der Waals surface area contributed by atoms with Crippen LogP contribution in [0.3, 0.4) is 0 Å². The average molecular weight is 450 g/mol. The van der Waals surface area contributed by atoms with E-state index in [0.29, 0.717) is 5.56 Å². The third-order valence-corrected chi connectivity index (χ3v) is 6.17. The Labute approximate surface area is 169 Å². The van der Waals surface area contributed by atoms with Crippen LogP contribution in [0, 0.1) is 0 Å². The molecule has 0 aliphatic carbocycles. The first kappa shape index (κ1) is 22.7. The summed E-state index contributed by atoms with van der Waals surface area (Å²) in [5, 5.41) is 10.8. The van der Waals surface area contributed by atoms with E-state index in [-0.39, 0.29) is 16.3 Å². The molecule has 156 valence electrons. The zero-order valence-electron chi connectivity index (χ0n) is 14.8. The minimum absolute atomic E-state index is 0.0224. The van der Waals surface area contributed by atoms with Gasteiger partial charge in [0.05, 0.1) is 15.5 Å². The minimum atomic E-state index is -5.00. The topological polar surface area (TPSA) is 101 Å². The second-order valence-electron chi connectivity index (χ2n) is 6.15. The molecule has 0 bridgehead atoms. The number of nitrogens with one attached hydrogen (secondary N) is 1. The molecule has 2 N–H and O–H groups in total. The normalized spacial score (nSPS) is 13.0. The fourth-order valence-electron chi connectivity index (χ4n) is 2.58. The standard InChI is InChI=1S/C18H15ClF3NO5S/c1-10(23-17(26)18(20,21)22)9-11-5-7-12(8-6-11)29(27,28)15-13(16(24)25)3-2-4-14(15)19/h2-8,10H,9H2,1H3,(H,23,26)(H,24,25)/t10-/m1/s1. The van der Waals surface area contributed by atoms with Gasteiger partial charge in [0.2, 0.25) is 9.84 Å². The molecule has 1 atom stereocenters. The van der Waals surface area contributed by atoms with E-state index < -0.39 is 44.4 Å². The van der Waals surface area contributed by atoms with Crippen molar-refractivity contribution in [2.45, 2.75) is 35.4 Å². The van der Waals surface area contributed by atoms with Gasteiger partial charge in [-0.2, -0.15) is 13.2 Å². The van der Waals surface area contributed by atoms with Gasteiger partial charge in [0.25, 0.3) is 0 Å². The van der Waals surface area contributed by atoms with Crippen molar-refractivity contribution in [2.24, 2.45) is 0 Å². The van der Waals surface area contributed by atoms with Gasteiger partial charge < -0.3 is 10.4 Å². The molecule has 0 spiro atoms. The van der Waals surface area contributed by atoms with Crippen molar-refractivity contribution in [2.75, 3.05) is 0 Å². The molecule has 6 nitrogen and oxygen atoms in total. The molecule has 0 aliphatic rings. The number of aromatic carboxylic acids is 1. The molecule has 0 saturated heterocycles. The number of amides is 1. The summed E-state index contributed by atoms with van der Waals surface area (Å²) in [4.78, 5) is 21.5. The zero-order valence-corrected chi connectivity index (χ0v) is 16.4. The van der Waals surface area contributed by atoms with Gasteiger partial charge >= 0.3 is 18.1 Å². The van der Waals surface area contributed by atoms with Crippen molar-refractivity contribution in [1.29, 1.82) is 0 Å². The van der Waals surface area contributed by atoms with Crippen molar-refractivity contribution >= 4 is 33.3 Å². The predicted octanol–water partition coefficient (Wildman–Crippen LogP) is 3.48. The second kappa shape index (κ2) is 8.42. The quantitative estimate of drug-likeness (QED) is 0.703. The van der Waals surface area contributed by atoms with E-state index in [1.165, 1.54) is 43.3 Å². The number of halogens is 4. The molecule has 0 aliphatic heterocycles. The Morgan fingerprint density at radius 3 is 2.24 bits per heavy atom. The van der Waals surface area contributed by atoms with Gasteiger partial charge in [-0.1, -0.05) is 29.8 Å². The van der Waals surface area contributed by atoms with E-state index in [9.17, 15) is 36.3 Å². The Morgan fingerprint density at radius 1 is 1.14 bits per heavy atom. The summed E-state index contributed by atoms with van der Waals surface area (Å²) in [5.41, 5.74) is -0.0124. The van der Waals surface area contributed by atoms with Gasteiger partial charge in [-0.05, 0) is 43.2 Å². The lowest BCUT2D eigenvalue weighted by Crippen LogP contribution is -2.42. The third kappa shape index (κ3) is 5.27. The molecule has 2 rings (SSSR count). The van der Waals surface area contributed by atoms with Gasteiger partial charge in [-0.3, -0.25) is 4.79 Å². The Morgan fingerprint density at radius 2 is 1.72 bits per heavy atom. The van der Waals surface area contributed by atoms with Crippen LogP contribution in [-0.2, 0) is 21.1 Å². The molecule has 2 aromatic rings. The average Bonchev–Trinajstić information content (AvgIpc) is 2.60. The summed E-state index contributed by atoms with van der Waals surface area (Å²) in [6, 6.07) is 7.93. The number of carboxylic acid groups (broad SMARTS) is 1. The number of carbonyl (C=O) groups excluding carboxylic acids is 1. The fourth-order valence-corrected chi connectivity index (χ4v) is 4.56. The number of carboxylic acids is 1. The van der Waals surface area contributed by atoms with E-state index in [4.69, 9.17) is 11.6 Å². The van der Waals surface area contributed by atoms with Crippen molar-refractivity contribution < 1.29 is 36.3 Å². The smallest absolute Gasteiger partial charge is 0.471 e. The molecule has 0 radical (unpaired) electrons. The zero-order chi connectivity index (χ0) is 22.0. The first-order valence-corrected chi connectivity index (χ1v) is 9.93. The number of rotatable bonds is 6. The highest BCUT2D eigenvalue weighted by Crippen LogP contribution is 2.31. The van der Waals surface area contributed by atoms with Gasteiger partial charge in [0, 0.05) is 6.04 Å². The number of hydrogen-bond acceptors (Lipinski definition) is 4. The summed E-state index contributed by atoms with van der Waals surface area (Å²) in [6.45, 7) is 1.37. The number of alkyl halides is 3. The molecule has 11 heteroatoms. The summed E-state index contributed by atoms with van der Waals surface area (Å²) < 4.78 is 62.5. The molecule has 0 saturated carbocycles. The second-order valence-corrected chi connectivity index (χ2v) is 8.44. The summed E-state index contributed by atoms with van der Waals surface area (Å²) in [6.07, 6.45) is -4.97. The molecular formula is C18H15ClF3NO5S. The van der Waals surface area contributed by atoms with E-state index in [1.54, 1.807) is 5.32 Å². The molecule has 29 heavy (non-hydrogen) atoms. The number of sulfone groups is 1. The fraction of sp³-hybridized carbons (Fsp3) is 0.222. The number of hydrogen-bond donors (Lipinski definition) is 2. The van der Waals surface area contributed by atoms with E-state index in [2.05, 4.69) is 0 Å². The van der Waals surface area contributed by atoms with Crippen LogP contribution in [0.15, 0.2) is 52.3 Å². The van der Waals surface area contributed by atoms with Gasteiger partial charge in [-0.25, -0.2) is 13.2 Å². The van der Waals surface area contributed by atoms with Crippen LogP contribution in [-0.4, -0.2) is 37.6 Å². The molecule has 1 amide bonds. The van der Waals surface area contributed by atoms with Gasteiger partial charge in [0.15, 0.2) is 0 Å². The summed E-state index contributed by atoms with van der Waals surface area (Å²) >= 11 is 5.92. The minimum Gasteiger partial charge on any atom is -0.478 e. The van der Waals surface area contributed by atoms with E-state index >= 15 is 0 Å². The highest BCUT2D eigenvalue weighted by molar-refractivity contribution is 7.91. The van der Waals surface area contributed by atoms with Crippen molar-refractivity contribution in [3.05, 3.63) is 58.6 Å².